The Morgan fingerprint density at radius 2 is 1.89 bits per heavy atom. The van der Waals surface area contributed by atoms with Crippen LogP contribution in [0.5, 0.6) is 5.75 Å². The van der Waals surface area contributed by atoms with E-state index in [-0.39, 0.29) is 42.3 Å². The number of benzene rings is 2. The van der Waals surface area contributed by atoms with E-state index < -0.39 is 0 Å². The van der Waals surface area contributed by atoms with E-state index in [1.165, 1.54) is 0 Å². The van der Waals surface area contributed by atoms with Crippen molar-refractivity contribution < 1.29 is 9.53 Å². The maximum Gasteiger partial charge on any atom is 0.254 e. The fourth-order valence-electron chi connectivity index (χ4n) is 4.86. The second kappa shape index (κ2) is 13.8. The lowest BCUT2D eigenvalue weighted by atomic mass is 9.87. The van der Waals surface area contributed by atoms with Gasteiger partial charge in [0.25, 0.3) is 5.91 Å². The molecule has 36 heavy (non-hydrogen) atoms. The molecule has 198 valence electrons. The Kier molecular flexibility index (Phi) is 12.1. The fourth-order valence-corrected chi connectivity index (χ4v) is 4.86. The second-order valence-electron chi connectivity index (χ2n) is 9.50. The summed E-state index contributed by atoms with van der Waals surface area (Å²) < 4.78 is 5.88. The summed E-state index contributed by atoms with van der Waals surface area (Å²) in [5.74, 6) is 0.926. The molecule has 0 aliphatic carbocycles. The predicted molar refractivity (Wildman–Crippen MR) is 156 cm³/mol. The average Bonchev–Trinajstić information content (AvgIpc) is 2.82. The van der Waals surface area contributed by atoms with Gasteiger partial charge in [-0.1, -0.05) is 30.8 Å². The molecule has 1 saturated heterocycles. The van der Waals surface area contributed by atoms with Gasteiger partial charge in [-0.25, -0.2) is 0 Å². The SMILES string of the molecule is C=C=CC1NC(C)CN(c2ccc(Cc3ccccc3C(=O)N(CC)CC)cc2OC)C1(C)C.Cl.Cl. The largest absolute Gasteiger partial charge is 0.495 e. The Hall–Kier alpha value is -2.43. The normalized spacial score (nSPS) is 18.2. The lowest BCUT2D eigenvalue weighted by Gasteiger charge is -2.51. The zero-order valence-electron chi connectivity index (χ0n) is 22.3. The van der Waals surface area contributed by atoms with Crippen LogP contribution in [0.3, 0.4) is 0 Å². The monoisotopic (exact) mass is 533 g/mol. The van der Waals surface area contributed by atoms with Gasteiger partial charge in [0.05, 0.1) is 24.4 Å². The first-order chi connectivity index (χ1) is 16.3. The molecule has 0 spiro atoms. The number of methoxy groups -OCH3 is 1. The lowest BCUT2D eigenvalue weighted by molar-refractivity contribution is 0.0772. The molecule has 2 aromatic rings. The average molecular weight is 535 g/mol. The van der Waals surface area contributed by atoms with Crippen LogP contribution in [0.2, 0.25) is 0 Å². The number of hydrogen-bond acceptors (Lipinski definition) is 4. The second-order valence-corrected chi connectivity index (χ2v) is 9.50. The first-order valence-electron chi connectivity index (χ1n) is 12.2. The van der Waals surface area contributed by atoms with Crippen molar-refractivity contribution in [2.75, 3.05) is 31.6 Å². The molecule has 1 aliphatic heterocycles. The molecule has 0 saturated carbocycles. The van der Waals surface area contributed by atoms with Crippen LogP contribution in [0.4, 0.5) is 5.69 Å². The van der Waals surface area contributed by atoms with E-state index >= 15 is 0 Å². The molecule has 0 radical (unpaired) electrons. The zero-order chi connectivity index (χ0) is 24.9. The summed E-state index contributed by atoms with van der Waals surface area (Å²) >= 11 is 0. The number of piperazine rings is 1. The molecule has 0 bridgehead atoms. The number of carbonyl (C=O) groups excluding carboxylic acids is 1. The number of anilines is 1. The maximum atomic E-state index is 13.1. The van der Waals surface area contributed by atoms with Crippen molar-refractivity contribution >= 4 is 36.4 Å². The minimum absolute atomic E-state index is 0. The molecule has 5 nitrogen and oxygen atoms in total. The quantitative estimate of drug-likeness (QED) is 0.429. The van der Waals surface area contributed by atoms with Gasteiger partial charge in [0.2, 0.25) is 0 Å². The van der Waals surface area contributed by atoms with Gasteiger partial charge in [0.1, 0.15) is 5.75 Å². The van der Waals surface area contributed by atoms with Gasteiger partial charge in [-0.15, -0.1) is 30.5 Å². The van der Waals surface area contributed by atoms with Gasteiger partial charge in [0.15, 0.2) is 0 Å². The lowest BCUT2D eigenvalue weighted by Crippen LogP contribution is -2.66. The molecule has 7 heteroatoms. The van der Waals surface area contributed by atoms with E-state index in [2.05, 4.69) is 61.5 Å². The molecule has 1 heterocycles. The molecule has 0 aromatic heterocycles. The summed E-state index contributed by atoms with van der Waals surface area (Å²) in [6, 6.07) is 14.7. The first kappa shape index (κ1) is 31.6. The van der Waals surface area contributed by atoms with Crippen LogP contribution in [0.1, 0.15) is 56.1 Å². The van der Waals surface area contributed by atoms with Crippen LogP contribution in [-0.4, -0.2) is 55.2 Å². The van der Waals surface area contributed by atoms with Gasteiger partial charge in [-0.3, -0.25) is 4.79 Å². The molecule has 3 rings (SSSR count). The van der Waals surface area contributed by atoms with Gasteiger partial charge in [0, 0.05) is 31.2 Å². The minimum atomic E-state index is -0.186. The summed E-state index contributed by atoms with van der Waals surface area (Å²) in [7, 11) is 1.72. The summed E-state index contributed by atoms with van der Waals surface area (Å²) in [4.78, 5) is 17.3. The summed E-state index contributed by atoms with van der Waals surface area (Å²) in [6.07, 6.45) is 2.68. The minimum Gasteiger partial charge on any atom is -0.495 e. The Bertz CT molecular complexity index is 1060. The van der Waals surface area contributed by atoms with Crippen molar-refractivity contribution in [2.24, 2.45) is 0 Å². The van der Waals surface area contributed by atoms with Gasteiger partial charge >= 0.3 is 0 Å². The molecule has 1 amide bonds. The number of nitrogens with one attached hydrogen (secondary N) is 1. The highest BCUT2D eigenvalue weighted by atomic mass is 35.5. The number of amides is 1. The van der Waals surface area contributed by atoms with E-state index in [1.54, 1.807) is 7.11 Å². The van der Waals surface area contributed by atoms with Crippen LogP contribution >= 0.6 is 24.8 Å². The third-order valence-electron chi connectivity index (χ3n) is 6.89. The standard InChI is InChI=1S/C29H39N3O2.2ClH/c1-8-13-27-29(5,6)32(20-21(4)30-27)25-17-16-22(19-26(25)34-7)18-23-14-11-12-15-24(23)28(33)31(9-2)10-3;;/h11-17,19,21,27,30H,1,9-10,18,20H2,2-7H3;2*1H. The van der Waals surface area contributed by atoms with E-state index in [1.807, 2.05) is 49.1 Å². The number of carbonyl (C=O) groups is 1. The van der Waals surface area contributed by atoms with Crippen molar-refractivity contribution in [1.29, 1.82) is 0 Å². The molecule has 1 fully saturated rings. The van der Waals surface area contributed by atoms with Gasteiger partial charge < -0.3 is 19.9 Å². The Balaban J connectivity index is 0.00000324. The molecular weight excluding hydrogens is 493 g/mol. The van der Waals surface area contributed by atoms with Crippen molar-refractivity contribution in [3.8, 4) is 5.75 Å². The fraction of sp³-hybridized carbons (Fsp3) is 0.448. The molecule has 2 aromatic carbocycles. The number of rotatable bonds is 8. The molecular formula is C29H41Cl2N3O2. The highest BCUT2D eigenvalue weighted by Crippen LogP contribution is 2.38. The van der Waals surface area contributed by atoms with Crippen LogP contribution in [0.25, 0.3) is 0 Å². The van der Waals surface area contributed by atoms with Crippen LogP contribution in [-0.2, 0) is 6.42 Å². The highest BCUT2D eigenvalue weighted by Gasteiger charge is 2.40. The Morgan fingerprint density at radius 1 is 1.22 bits per heavy atom. The Morgan fingerprint density at radius 3 is 2.50 bits per heavy atom. The zero-order valence-corrected chi connectivity index (χ0v) is 24.0. The Labute approximate surface area is 229 Å². The van der Waals surface area contributed by atoms with E-state index in [0.29, 0.717) is 25.6 Å². The topological polar surface area (TPSA) is 44.8 Å². The summed E-state index contributed by atoms with van der Waals surface area (Å²) in [6.45, 7) is 16.7. The summed E-state index contributed by atoms with van der Waals surface area (Å²) in [5.41, 5.74) is 6.75. The predicted octanol–water partition coefficient (Wildman–Crippen LogP) is 5.90. The first-order valence-corrected chi connectivity index (χ1v) is 12.2. The van der Waals surface area contributed by atoms with Crippen LogP contribution < -0.4 is 15.0 Å². The van der Waals surface area contributed by atoms with Crippen LogP contribution in [0, 0.1) is 0 Å². The highest BCUT2D eigenvalue weighted by molar-refractivity contribution is 5.95. The van der Waals surface area contributed by atoms with Crippen molar-refractivity contribution in [3.63, 3.8) is 0 Å². The number of ether oxygens (including phenoxy) is 1. The summed E-state index contributed by atoms with van der Waals surface area (Å²) in [5, 5.41) is 3.65. The molecule has 1 aliphatic rings. The van der Waals surface area contributed by atoms with Gasteiger partial charge in [-0.2, -0.15) is 0 Å². The van der Waals surface area contributed by atoms with E-state index in [9.17, 15) is 4.79 Å². The third-order valence-corrected chi connectivity index (χ3v) is 6.89. The number of hydrogen-bond donors (Lipinski definition) is 1. The number of halogens is 2. The van der Waals surface area contributed by atoms with Gasteiger partial charge in [-0.05, 0) is 76.4 Å². The number of nitrogens with zero attached hydrogens (tertiary/aromatic N) is 2. The smallest absolute Gasteiger partial charge is 0.254 e. The molecule has 2 atom stereocenters. The van der Waals surface area contributed by atoms with Crippen LogP contribution in [0.15, 0.2) is 60.9 Å². The maximum absolute atomic E-state index is 13.1. The molecule has 2 unspecified atom stereocenters. The van der Waals surface area contributed by atoms with E-state index in [4.69, 9.17) is 4.74 Å². The van der Waals surface area contributed by atoms with E-state index in [0.717, 1.165) is 34.7 Å². The van der Waals surface area contributed by atoms with Crippen molar-refractivity contribution in [1.82, 2.24) is 10.2 Å². The van der Waals surface area contributed by atoms with Crippen molar-refractivity contribution in [2.45, 2.75) is 58.7 Å². The van der Waals surface area contributed by atoms with Crippen molar-refractivity contribution in [3.05, 3.63) is 77.5 Å². The molecule has 1 N–H and O–H groups in total. The third kappa shape index (κ3) is 6.66.